The first-order chi connectivity index (χ1) is 12.6. The molecule has 3 saturated heterocycles. The Hall–Kier alpha value is -1.66. The van der Waals surface area contributed by atoms with Crippen LogP contribution in [0.5, 0.6) is 0 Å². The van der Waals surface area contributed by atoms with Gasteiger partial charge >= 0.3 is 0 Å². The summed E-state index contributed by atoms with van der Waals surface area (Å²) in [6.07, 6.45) is 8.60. The number of likely N-dealkylation sites (tertiary alicyclic amines) is 1. The van der Waals surface area contributed by atoms with Crippen molar-refractivity contribution in [1.29, 1.82) is 0 Å². The Morgan fingerprint density at radius 3 is 3.19 bits per heavy atom. The molecule has 0 aliphatic carbocycles. The second-order valence-corrected chi connectivity index (χ2v) is 8.05. The van der Waals surface area contributed by atoms with Crippen LogP contribution in [0.3, 0.4) is 0 Å². The van der Waals surface area contributed by atoms with E-state index in [9.17, 15) is 4.79 Å². The third kappa shape index (κ3) is 3.21. The molecule has 3 fully saturated rings. The molecule has 1 N–H and O–H groups in total. The second-order valence-electron chi connectivity index (χ2n) is 8.05. The first-order valence-corrected chi connectivity index (χ1v) is 9.85. The van der Waals surface area contributed by atoms with Crippen LogP contribution in [0, 0.1) is 11.8 Å². The summed E-state index contributed by atoms with van der Waals surface area (Å²) >= 11 is 0. The van der Waals surface area contributed by atoms with E-state index in [2.05, 4.69) is 35.3 Å². The van der Waals surface area contributed by atoms with Crippen LogP contribution in [0.4, 0.5) is 0 Å². The van der Waals surface area contributed by atoms with Crippen molar-refractivity contribution in [3.63, 3.8) is 0 Å². The van der Waals surface area contributed by atoms with Crippen molar-refractivity contribution in [2.45, 2.75) is 51.2 Å². The number of amides is 1. The van der Waals surface area contributed by atoms with E-state index in [0.717, 1.165) is 45.3 Å². The van der Waals surface area contributed by atoms with Gasteiger partial charge in [-0.05, 0) is 32.6 Å². The Kier molecular flexibility index (Phi) is 4.88. The maximum absolute atomic E-state index is 12.2. The number of hydrogen-bond acceptors (Lipinski definition) is 5. The summed E-state index contributed by atoms with van der Waals surface area (Å²) in [4.78, 5) is 14.7. The van der Waals surface area contributed by atoms with Gasteiger partial charge in [-0.3, -0.25) is 9.69 Å². The number of carbonyl (C=O) groups is 1. The van der Waals surface area contributed by atoms with Crippen LogP contribution in [-0.2, 0) is 4.74 Å². The fourth-order valence-corrected chi connectivity index (χ4v) is 5.00. The van der Waals surface area contributed by atoms with Gasteiger partial charge in [0.1, 0.15) is 6.26 Å². The summed E-state index contributed by atoms with van der Waals surface area (Å²) < 4.78 is 11.2. The fraction of sp³-hybridized carbons (Fsp3) is 0.700. The highest BCUT2D eigenvalue weighted by molar-refractivity contribution is 5.91. The third-order valence-electron chi connectivity index (χ3n) is 6.52. The summed E-state index contributed by atoms with van der Waals surface area (Å²) in [7, 11) is 0. The average Bonchev–Trinajstić information content (AvgIpc) is 3.39. The van der Waals surface area contributed by atoms with Gasteiger partial charge in [-0.25, -0.2) is 0 Å². The summed E-state index contributed by atoms with van der Waals surface area (Å²) in [6, 6.07) is 1.59. The van der Waals surface area contributed by atoms with Gasteiger partial charge in [-0.2, -0.15) is 0 Å². The number of rotatable bonds is 7. The molecule has 1 spiro atoms. The summed E-state index contributed by atoms with van der Waals surface area (Å²) in [5.41, 5.74) is 1.83. The molecule has 3 aliphatic heterocycles. The zero-order valence-electron chi connectivity index (χ0n) is 15.7. The Labute approximate surface area is 154 Å². The largest absolute Gasteiger partial charge is 0.370 e. The van der Waals surface area contributed by atoms with Crippen molar-refractivity contribution in [3.8, 4) is 0 Å². The molecule has 6 heteroatoms. The number of allylic oxidation sites excluding steroid dienone is 1. The molecule has 0 radical (unpaired) electrons. The highest BCUT2D eigenvalue weighted by Gasteiger charge is 2.62. The summed E-state index contributed by atoms with van der Waals surface area (Å²) in [5, 5.41) is 6.74. The predicted octanol–water partition coefficient (Wildman–Crippen LogP) is 2.63. The number of carbonyl (C=O) groups excluding carboxylic acids is 1. The number of nitrogens with zero attached hydrogens (tertiary/aromatic N) is 2. The van der Waals surface area contributed by atoms with Gasteiger partial charge in [0, 0.05) is 44.1 Å². The molecule has 26 heavy (non-hydrogen) atoms. The SMILES string of the molecule is CCC(C)=CCCN1C[C@@H]2[C@H](CNC(=O)c3ccon3)[C@H]3CC[C@]2(C1)O3. The van der Waals surface area contributed by atoms with Crippen molar-refractivity contribution < 1.29 is 14.1 Å². The van der Waals surface area contributed by atoms with E-state index in [1.807, 2.05) is 0 Å². The standard InChI is InChI=1S/C20H29N3O3/c1-3-14(2)5-4-9-23-12-16-15(18-6-8-20(16,13-23)26-18)11-21-19(24)17-7-10-25-22-17/h5,7,10,15-16,18H,3-4,6,8-9,11-13H2,1-2H3,(H,21,24)/t15-,16+,18+,20+/m0/s1. The smallest absolute Gasteiger partial charge is 0.273 e. The molecule has 4 atom stereocenters. The molecule has 1 aromatic rings. The van der Waals surface area contributed by atoms with Gasteiger partial charge in [0.05, 0.1) is 11.7 Å². The Bertz CT molecular complexity index is 672. The van der Waals surface area contributed by atoms with Gasteiger partial charge in [0.25, 0.3) is 5.91 Å². The van der Waals surface area contributed by atoms with Crippen LogP contribution in [0.2, 0.25) is 0 Å². The van der Waals surface area contributed by atoms with Crippen LogP contribution in [0.15, 0.2) is 28.5 Å². The first-order valence-electron chi connectivity index (χ1n) is 9.85. The quantitative estimate of drug-likeness (QED) is 0.758. The van der Waals surface area contributed by atoms with E-state index in [-0.39, 0.29) is 11.5 Å². The van der Waals surface area contributed by atoms with Crippen LogP contribution < -0.4 is 5.32 Å². The molecule has 1 aromatic heterocycles. The van der Waals surface area contributed by atoms with E-state index in [0.29, 0.717) is 30.2 Å². The fourth-order valence-electron chi connectivity index (χ4n) is 5.00. The normalized spacial score (nSPS) is 33.6. The van der Waals surface area contributed by atoms with Gasteiger partial charge in [-0.1, -0.05) is 23.7 Å². The lowest BCUT2D eigenvalue weighted by Gasteiger charge is -2.29. The predicted molar refractivity (Wildman–Crippen MR) is 97.8 cm³/mol. The van der Waals surface area contributed by atoms with E-state index in [1.54, 1.807) is 6.07 Å². The molecule has 142 valence electrons. The van der Waals surface area contributed by atoms with Crippen LogP contribution in [-0.4, -0.2) is 53.8 Å². The lowest BCUT2D eigenvalue weighted by molar-refractivity contribution is 0.00290. The lowest BCUT2D eigenvalue weighted by atomic mass is 9.73. The van der Waals surface area contributed by atoms with E-state index < -0.39 is 0 Å². The molecule has 0 saturated carbocycles. The van der Waals surface area contributed by atoms with Gasteiger partial charge in [-0.15, -0.1) is 0 Å². The lowest BCUT2D eigenvalue weighted by Crippen LogP contribution is -2.42. The van der Waals surface area contributed by atoms with Gasteiger partial charge < -0.3 is 14.6 Å². The van der Waals surface area contributed by atoms with Crippen molar-refractivity contribution >= 4 is 5.91 Å². The Morgan fingerprint density at radius 1 is 1.54 bits per heavy atom. The molecular formula is C20H29N3O3. The molecule has 4 rings (SSSR count). The molecule has 0 unspecified atom stereocenters. The maximum atomic E-state index is 12.2. The third-order valence-corrected chi connectivity index (χ3v) is 6.52. The molecule has 0 aromatic carbocycles. The zero-order chi connectivity index (χ0) is 18.1. The maximum Gasteiger partial charge on any atom is 0.273 e. The number of hydrogen-bond donors (Lipinski definition) is 1. The van der Waals surface area contributed by atoms with Gasteiger partial charge in [0.2, 0.25) is 0 Å². The Morgan fingerprint density at radius 2 is 2.42 bits per heavy atom. The molecule has 3 aliphatic rings. The van der Waals surface area contributed by atoms with E-state index in [1.165, 1.54) is 11.8 Å². The van der Waals surface area contributed by atoms with E-state index in [4.69, 9.17) is 9.26 Å². The van der Waals surface area contributed by atoms with Crippen LogP contribution in [0.25, 0.3) is 0 Å². The minimum atomic E-state index is -0.161. The van der Waals surface area contributed by atoms with Crippen molar-refractivity contribution in [2.24, 2.45) is 11.8 Å². The van der Waals surface area contributed by atoms with Crippen LogP contribution >= 0.6 is 0 Å². The topological polar surface area (TPSA) is 67.6 Å². The van der Waals surface area contributed by atoms with Crippen molar-refractivity contribution in [2.75, 3.05) is 26.2 Å². The van der Waals surface area contributed by atoms with E-state index >= 15 is 0 Å². The van der Waals surface area contributed by atoms with Gasteiger partial charge in [0.15, 0.2) is 5.69 Å². The molecule has 2 bridgehead atoms. The zero-order valence-corrected chi connectivity index (χ0v) is 15.7. The van der Waals surface area contributed by atoms with Crippen LogP contribution in [0.1, 0.15) is 50.0 Å². The number of aromatic nitrogens is 1. The molecular weight excluding hydrogens is 330 g/mol. The molecule has 4 heterocycles. The van der Waals surface area contributed by atoms with Crippen molar-refractivity contribution in [1.82, 2.24) is 15.4 Å². The number of fused-ring (bicyclic) bond motifs is 1. The molecule has 6 nitrogen and oxygen atoms in total. The summed E-state index contributed by atoms with van der Waals surface area (Å²) in [5.74, 6) is 0.762. The Balaban J connectivity index is 1.34. The number of ether oxygens (including phenoxy) is 1. The highest BCUT2D eigenvalue weighted by atomic mass is 16.5. The summed E-state index contributed by atoms with van der Waals surface area (Å²) in [6.45, 7) is 8.29. The monoisotopic (exact) mass is 359 g/mol. The number of nitrogens with one attached hydrogen (secondary N) is 1. The minimum Gasteiger partial charge on any atom is -0.370 e. The highest BCUT2D eigenvalue weighted by Crippen LogP contribution is 2.54. The minimum absolute atomic E-state index is 0.0253. The second kappa shape index (κ2) is 7.16. The van der Waals surface area contributed by atoms with Crippen molar-refractivity contribution in [3.05, 3.63) is 29.7 Å². The molecule has 1 amide bonds. The first kappa shape index (κ1) is 17.7. The average molecular weight is 359 g/mol.